The van der Waals surface area contributed by atoms with E-state index in [-0.39, 0.29) is 23.6 Å². The summed E-state index contributed by atoms with van der Waals surface area (Å²) in [7, 11) is -1.47. The Morgan fingerprint density at radius 1 is 1.19 bits per heavy atom. The highest BCUT2D eigenvalue weighted by molar-refractivity contribution is 8.13. The fourth-order valence-electron chi connectivity index (χ4n) is 3.50. The van der Waals surface area contributed by atoms with Gasteiger partial charge in [-0.15, -0.1) is 0 Å². The molecule has 0 amide bonds. The van der Waals surface area contributed by atoms with Crippen molar-refractivity contribution in [3.8, 4) is 5.75 Å². The molecule has 0 N–H and O–H groups in total. The maximum absolute atomic E-state index is 12.2. The van der Waals surface area contributed by atoms with Gasteiger partial charge in [0.1, 0.15) is 5.75 Å². The number of para-hydroxylation sites is 2. The summed E-state index contributed by atoms with van der Waals surface area (Å²) in [4.78, 5) is 6.77. The maximum atomic E-state index is 12.2. The van der Waals surface area contributed by atoms with E-state index in [2.05, 4.69) is 0 Å². The van der Waals surface area contributed by atoms with Crippen molar-refractivity contribution in [3.63, 3.8) is 0 Å². The summed E-state index contributed by atoms with van der Waals surface area (Å²) >= 11 is 7.85. The summed E-state index contributed by atoms with van der Waals surface area (Å²) in [5.41, 5.74) is 1.87. The van der Waals surface area contributed by atoms with E-state index in [1.807, 2.05) is 53.4 Å². The Hall–Kier alpha value is -1.70. The first-order valence-corrected chi connectivity index (χ1v) is 11.7. The van der Waals surface area contributed by atoms with Crippen LogP contribution in [0, 0.1) is 0 Å². The molecular weight excluding hydrogens is 404 g/mol. The summed E-state index contributed by atoms with van der Waals surface area (Å²) < 4.78 is 29.8. The van der Waals surface area contributed by atoms with E-state index in [4.69, 9.17) is 21.3 Å². The number of halogens is 1. The van der Waals surface area contributed by atoms with Crippen LogP contribution in [-0.4, -0.2) is 44.3 Å². The van der Waals surface area contributed by atoms with Gasteiger partial charge in [-0.1, -0.05) is 53.7 Å². The Morgan fingerprint density at radius 2 is 1.93 bits per heavy atom. The van der Waals surface area contributed by atoms with Gasteiger partial charge in [-0.25, -0.2) is 8.42 Å². The molecule has 4 rings (SSSR count). The van der Waals surface area contributed by atoms with E-state index in [0.29, 0.717) is 11.5 Å². The first-order chi connectivity index (χ1) is 13.0. The molecule has 8 heteroatoms. The van der Waals surface area contributed by atoms with Gasteiger partial charge < -0.3 is 9.64 Å². The van der Waals surface area contributed by atoms with E-state index >= 15 is 0 Å². The number of rotatable bonds is 4. The molecule has 2 aliphatic rings. The molecule has 27 heavy (non-hydrogen) atoms. The Morgan fingerprint density at radius 3 is 2.70 bits per heavy atom. The Bertz CT molecular complexity index is 994. The lowest BCUT2D eigenvalue weighted by Crippen LogP contribution is -2.39. The summed E-state index contributed by atoms with van der Waals surface area (Å²) in [6, 6.07) is 14.9. The van der Waals surface area contributed by atoms with Crippen molar-refractivity contribution in [3.05, 3.63) is 59.1 Å². The van der Waals surface area contributed by atoms with Crippen LogP contribution < -0.4 is 9.64 Å². The van der Waals surface area contributed by atoms with E-state index < -0.39 is 9.84 Å². The average Bonchev–Trinajstić information content (AvgIpc) is 3.12. The first kappa shape index (κ1) is 18.7. The highest BCUT2D eigenvalue weighted by Crippen LogP contribution is 2.40. The van der Waals surface area contributed by atoms with E-state index in [1.165, 1.54) is 0 Å². The highest BCUT2D eigenvalue weighted by atomic mass is 35.5. The number of nitrogens with zero attached hydrogens (tertiary/aromatic N) is 2. The van der Waals surface area contributed by atoms with Crippen molar-refractivity contribution in [1.82, 2.24) is 0 Å². The third-order valence-corrected chi connectivity index (χ3v) is 7.85. The number of fused-ring (bicyclic) bond motifs is 1. The molecule has 2 aromatic rings. The number of methoxy groups -OCH3 is 1. The second kappa shape index (κ2) is 7.37. The molecule has 2 atom stereocenters. The van der Waals surface area contributed by atoms with E-state index in [9.17, 15) is 8.42 Å². The van der Waals surface area contributed by atoms with Crippen LogP contribution >= 0.6 is 23.4 Å². The number of ether oxygens (including phenoxy) is 1. The van der Waals surface area contributed by atoms with Crippen LogP contribution in [0.2, 0.25) is 5.02 Å². The molecule has 5 nitrogen and oxygen atoms in total. The number of anilines is 1. The fraction of sp³-hybridized carbons (Fsp3) is 0.316. The van der Waals surface area contributed by atoms with Crippen LogP contribution in [-0.2, 0) is 15.6 Å². The van der Waals surface area contributed by atoms with Gasteiger partial charge in [0.2, 0.25) is 0 Å². The molecule has 0 bridgehead atoms. The van der Waals surface area contributed by atoms with Gasteiger partial charge in [0.15, 0.2) is 15.0 Å². The van der Waals surface area contributed by atoms with Crippen molar-refractivity contribution < 1.29 is 13.2 Å². The molecule has 0 saturated carbocycles. The van der Waals surface area contributed by atoms with Crippen LogP contribution in [0.1, 0.15) is 5.56 Å². The number of amidine groups is 1. The molecule has 2 aromatic carbocycles. The zero-order valence-corrected chi connectivity index (χ0v) is 17.1. The summed E-state index contributed by atoms with van der Waals surface area (Å²) in [6.07, 6.45) is 0. The number of sulfone groups is 1. The lowest BCUT2D eigenvalue weighted by Gasteiger charge is -2.28. The molecular formula is C19H19ClN2O3S2. The summed E-state index contributed by atoms with van der Waals surface area (Å²) in [5, 5.41) is 1.53. The smallest absolute Gasteiger partial charge is 0.164 e. The predicted molar refractivity (Wildman–Crippen MR) is 112 cm³/mol. The molecule has 0 aliphatic carbocycles. The second-order valence-corrected chi connectivity index (χ2v) is 10.0. The SMILES string of the molecule is COc1ccccc1N1C(SCc2ccccc2Cl)=NC2CS(=O)(=O)CC21. The van der Waals surface area contributed by atoms with Gasteiger partial charge in [-0.2, -0.15) is 0 Å². The molecule has 142 valence electrons. The Balaban J connectivity index is 1.67. The molecule has 0 aromatic heterocycles. The minimum absolute atomic E-state index is 0.0967. The monoisotopic (exact) mass is 422 g/mol. The quantitative estimate of drug-likeness (QED) is 0.753. The van der Waals surface area contributed by atoms with Crippen molar-refractivity contribution in [2.45, 2.75) is 17.8 Å². The zero-order valence-electron chi connectivity index (χ0n) is 14.7. The number of hydrogen-bond acceptors (Lipinski definition) is 6. The average molecular weight is 423 g/mol. The van der Waals surface area contributed by atoms with Gasteiger partial charge in [0.25, 0.3) is 0 Å². The predicted octanol–water partition coefficient (Wildman–Crippen LogP) is 3.62. The standard InChI is InChI=1S/C19H19ClN2O3S2/c1-25-18-9-5-4-8-16(18)22-17-12-27(23,24)11-15(17)21-19(22)26-10-13-6-2-3-7-14(13)20/h2-9,15,17H,10-12H2,1H3. The van der Waals surface area contributed by atoms with Gasteiger partial charge >= 0.3 is 0 Å². The lowest BCUT2D eigenvalue weighted by molar-refractivity contribution is 0.415. The van der Waals surface area contributed by atoms with Crippen LogP contribution in [0.4, 0.5) is 5.69 Å². The third kappa shape index (κ3) is 3.68. The number of benzene rings is 2. The van der Waals surface area contributed by atoms with E-state index in [0.717, 1.165) is 21.4 Å². The molecule has 1 saturated heterocycles. The molecule has 0 spiro atoms. The fourth-order valence-corrected chi connectivity index (χ4v) is 6.75. The minimum atomic E-state index is -3.08. The third-order valence-electron chi connectivity index (χ3n) is 4.77. The Labute approximate surface area is 168 Å². The number of aliphatic imine (C=N–C) groups is 1. The number of thioether (sulfide) groups is 1. The summed E-state index contributed by atoms with van der Waals surface area (Å²) in [5.74, 6) is 1.57. The first-order valence-electron chi connectivity index (χ1n) is 8.55. The normalized spacial score (nSPS) is 23.2. The molecule has 2 heterocycles. The topological polar surface area (TPSA) is 59.0 Å². The summed E-state index contributed by atoms with van der Waals surface area (Å²) in [6.45, 7) is 0. The van der Waals surface area contributed by atoms with Gasteiger partial charge in [-0.05, 0) is 23.8 Å². The van der Waals surface area contributed by atoms with Gasteiger partial charge in [0, 0.05) is 10.8 Å². The highest BCUT2D eigenvalue weighted by Gasteiger charge is 2.47. The Kier molecular flexibility index (Phi) is 5.09. The number of hydrogen-bond donors (Lipinski definition) is 0. The molecule has 2 unspecified atom stereocenters. The minimum Gasteiger partial charge on any atom is -0.495 e. The van der Waals surface area contributed by atoms with Crippen molar-refractivity contribution in [2.75, 3.05) is 23.5 Å². The van der Waals surface area contributed by atoms with Crippen LogP contribution in [0.3, 0.4) is 0 Å². The largest absolute Gasteiger partial charge is 0.495 e. The van der Waals surface area contributed by atoms with Gasteiger partial charge in [0.05, 0.1) is 36.4 Å². The maximum Gasteiger partial charge on any atom is 0.164 e. The van der Waals surface area contributed by atoms with Crippen molar-refractivity contribution in [1.29, 1.82) is 0 Å². The second-order valence-electron chi connectivity index (χ2n) is 6.55. The van der Waals surface area contributed by atoms with Crippen LogP contribution in [0.25, 0.3) is 0 Å². The van der Waals surface area contributed by atoms with E-state index in [1.54, 1.807) is 18.9 Å². The van der Waals surface area contributed by atoms with Crippen molar-refractivity contribution in [2.24, 2.45) is 4.99 Å². The molecule has 1 fully saturated rings. The zero-order chi connectivity index (χ0) is 19.0. The molecule has 2 aliphatic heterocycles. The van der Waals surface area contributed by atoms with Crippen molar-refractivity contribution >= 4 is 44.1 Å². The molecule has 0 radical (unpaired) electrons. The van der Waals surface area contributed by atoms with Crippen LogP contribution in [0.5, 0.6) is 5.75 Å². The van der Waals surface area contributed by atoms with Gasteiger partial charge in [-0.3, -0.25) is 4.99 Å². The van der Waals surface area contributed by atoms with Crippen LogP contribution in [0.15, 0.2) is 53.5 Å². The lowest BCUT2D eigenvalue weighted by atomic mass is 10.1.